The van der Waals surface area contributed by atoms with Crippen LogP contribution in [0, 0.1) is 0 Å². The number of halogens is 1. The van der Waals surface area contributed by atoms with Crippen LogP contribution in [0.3, 0.4) is 0 Å². The van der Waals surface area contributed by atoms with Gasteiger partial charge in [0.1, 0.15) is 5.03 Å². The maximum atomic E-state index is 10.9. The molecule has 0 aliphatic rings. The second kappa shape index (κ2) is 12.9. The third-order valence-corrected chi connectivity index (χ3v) is 2.90. The largest absolute Gasteiger partial charge is 0.461 e. The van der Waals surface area contributed by atoms with E-state index in [1.165, 1.54) is 32.1 Å². The second-order valence-corrected chi connectivity index (χ2v) is 4.88. The SMILES string of the molecule is C=C(Cl)C(=O)OCCCCCCCCCCC[O]. The number of carbonyl (C=O) groups is 1. The number of carbonyl (C=O) groups excluding carboxylic acids is 1. The fourth-order valence-corrected chi connectivity index (χ4v) is 1.74. The van der Waals surface area contributed by atoms with Crippen LogP contribution in [0.25, 0.3) is 0 Å². The highest BCUT2D eigenvalue weighted by molar-refractivity contribution is 6.40. The number of hydrogen-bond acceptors (Lipinski definition) is 2. The summed E-state index contributed by atoms with van der Waals surface area (Å²) in [6.45, 7) is 3.78. The van der Waals surface area contributed by atoms with Gasteiger partial charge in [-0.05, 0) is 12.8 Å². The molecule has 0 saturated carbocycles. The quantitative estimate of drug-likeness (QED) is 0.304. The van der Waals surface area contributed by atoms with E-state index in [0.717, 1.165) is 25.7 Å². The minimum absolute atomic E-state index is 0.0620. The van der Waals surface area contributed by atoms with E-state index in [0.29, 0.717) is 6.61 Å². The van der Waals surface area contributed by atoms with Crippen molar-refractivity contribution in [2.75, 3.05) is 13.2 Å². The van der Waals surface area contributed by atoms with Crippen LogP contribution in [0.2, 0.25) is 0 Å². The smallest absolute Gasteiger partial charge is 0.349 e. The van der Waals surface area contributed by atoms with Gasteiger partial charge in [-0.2, -0.15) is 0 Å². The zero-order chi connectivity index (χ0) is 13.6. The Labute approximate surface area is 115 Å². The van der Waals surface area contributed by atoms with Gasteiger partial charge in [-0.15, -0.1) is 0 Å². The van der Waals surface area contributed by atoms with Gasteiger partial charge in [-0.3, -0.25) is 0 Å². The molecule has 0 unspecified atom stereocenters. The van der Waals surface area contributed by atoms with Crippen LogP contribution >= 0.6 is 11.6 Å². The molecule has 0 fully saturated rings. The lowest BCUT2D eigenvalue weighted by atomic mass is 10.1. The normalized spacial score (nSPS) is 10.3. The molecule has 0 aromatic rings. The molecule has 3 nitrogen and oxygen atoms in total. The molecule has 0 bridgehead atoms. The summed E-state index contributed by atoms with van der Waals surface area (Å²) < 4.78 is 4.88. The van der Waals surface area contributed by atoms with Crippen LogP contribution in [-0.2, 0) is 14.6 Å². The summed E-state index contributed by atoms with van der Waals surface area (Å²) in [6, 6.07) is 0. The molecular weight excluding hydrogens is 252 g/mol. The number of unbranched alkanes of at least 4 members (excludes halogenated alkanes) is 8. The highest BCUT2D eigenvalue weighted by Gasteiger charge is 2.03. The average molecular weight is 276 g/mol. The first-order valence-corrected chi connectivity index (χ1v) is 7.16. The molecule has 105 valence electrons. The van der Waals surface area contributed by atoms with Crippen LogP contribution in [0.4, 0.5) is 0 Å². The lowest BCUT2D eigenvalue weighted by molar-refractivity contribution is -0.138. The molecule has 0 saturated heterocycles. The Morgan fingerprint density at radius 3 is 1.78 bits per heavy atom. The Kier molecular flexibility index (Phi) is 12.5. The van der Waals surface area contributed by atoms with Crippen LogP contribution in [-0.4, -0.2) is 19.2 Å². The molecule has 1 radical (unpaired) electrons. The topological polar surface area (TPSA) is 46.2 Å². The molecule has 0 aromatic carbocycles. The molecular formula is C14H24ClO3. The third-order valence-electron chi connectivity index (χ3n) is 2.74. The highest BCUT2D eigenvalue weighted by atomic mass is 35.5. The first kappa shape index (κ1) is 17.5. The molecule has 0 heterocycles. The summed E-state index contributed by atoms with van der Waals surface area (Å²) >= 11 is 5.37. The maximum Gasteiger partial charge on any atom is 0.349 e. The van der Waals surface area contributed by atoms with Crippen molar-refractivity contribution in [3.63, 3.8) is 0 Å². The Hall–Kier alpha value is -0.540. The molecule has 0 rings (SSSR count). The first-order valence-electron chi connectivity index (χ1n) is 6.78. The molecule has 0 aliphatic heterocycles. The van der Waals surface area contributed by atoms with Crippen LogP contribution in [0.15, 0.2) is 11.6 Å². The van der Waals surface area contributed by atoms with Gasteiger partial charge in [0.05, 0.1) is 13.2 Å². The molecule has 4 heteroatoms. The molecule has 0 spiro atoms. The van der Waals surface area contributed by atoms with E-state index >= 15 is 0 Å². The summed E-state index contributed by atoms with van der Waals surface area (Å²) in [5.41, 5.74) is 0. The minimum Gasteiger partial charge on any atom is -0.461 e. The molecule has 0 N–H and O–H groups in total. The molecule has 0 aromatic heterocycles. The number of esters is 1. The van der Waals surface area contributed by atoms with Crippen molar-refractivity contribution in [3.05, 3.63) is 11.6 Å². The van der Waals surface area contributed by atoms with Crippen LogP contribution in [0.5, 0.6) is 0 Å². The van der Waals surface area contributed by atoms with Crippen molar-refractivity contribution >= 4 is 17.6 Å². The fourth-order valence-electron chi connectivity index (χ4n) is 1.68. The molecule has 0 aliphatic carbocycles. The minimum atomic E-state index is -0.518. The summed E-state index contributed by atoms with van der Waals surface area (Å²) in [4.78, 5) is 10.9. The lowest BCUT2D eigenvalue weighted by Crippen LogP contribution is -2.04. The van der Waals surface area contributed by atoms with Gasteiger partial charge in [0.25, 0.3) is 0 Å². The second-order valence-electron chi connectivity index (χ2n) is 4.43. The van der Waals surface area contributed by atoms with Crippen LogP contribution < -0.4 is 0 Å². The van der Waals surface area contributed by atoms with Gasteiger partial charge in [-0.1, -0.05) is 63.1 Å². The fraction of sp³-hybridized carbons (Fsp3) is 0.786. The Morgan fingerprint density at radius 1 is 0.889 bits per heavy atom. The van der Waals surface area contributed by atoms with E-state index in [4.69, 9.17) is 16.3 Å². The van der Waals surface area contributed by atoms with Gasteiger partial charge < -0.3 is 4.74 Å². The molecule has 0 amide bonds. The Balaban J connectivity index is 3.07. The molecule has 18 heavy (non-hydrogen) atoms. The average Bonchev–Trinajstić information content (AvgIpc) is 2.35. The summed E-state index contributed by atoms with van der Waals surface area (Å²) in [7, 11) is 0. The monoisotopic (exact) mass is 275 g/mol. The third kappa shape index (κ3) is 11.9. The standard InChI is InChI=1S/C14H24ClO3/c1-13(15)14(17)18-12-10-8-6-4-2-3-5-7-9-11-16/h1-12H2. The maximum absolute atomic E-state index is 10.9. The van der Waals surface area contributed by atoms with E-state index in [-0.39, 0.29) is 11.6 Å². The van der Waals surface area contributed by atoms with E-state index in [9.17, 15) is 9.90 Å². The number of ether oxygens (including phenoxy) is 1. The van der Waals surface area contributed by atoms with E-state index in [1.807, 2.05) is 0 Å². The van der Waals surface area contributed by atoms with Crippen molar-refractivity contribution in [1.29, 1.82) is 0 Å². The van der Waals surface area contributed by atoms with Gasteiger partial charge in [0, 0.05) is 0 Å². The predicted molar refractivity (Wildman–Crippen MR) is 73.1 cm³/mol. The number of rotatable bonds is 12. The van der Waals surface area contributed by atoms with Crippen molar-refractivity contribution in [1.82, 2.24) is 0 Å². The van der Waals surface area contributed by atoms with E-state index < -0.39 is 5.97 Å². The summed E-state index contributed by atoms with van der Waals surface area (Å²) in [5.74, 6) is -0.518. The van der Waals surface area contributed by atoms with Gasteiger partial charge in [0.15, 0.2) is 0 Å². The van der Waals surface area contributed by atoms with E-state index in [1.54, 1.807) is 0 Å². The van der Waals surface area contributed by atoms with Crippen molar-refractivity contribution in [3.8, 4) is 0 Å². The van der Waals surface area contributed by atoms with Gasteiger partial charge >= 0.3 is 5.97 Å². The van der Waals surface area contributed by atoms with Crippen molar-refractivity contribution in [2.24, 2.45) is 0 Å². The number of hydrogen-bond donors (Lipinski definition) is 0. The van der Waals surface area contributed by atoms with Crippen molar-refractivity contribution < 1.29 is 14.6 Å². The summed E-state index contributed by atoms with van der Waals surface area (Å²) in [5, 5.41) is 10.1. The Morgan fingerprint density at radius 2 is 1.33 bits per heavy atom. The highest BCUT2D eigenvalue weighted by Crippen LogP contribution is 2.10. The van der Waals surface area contributed by atoms with E-state index in [2.05, 4.69) is 6.58 Å². The van der Waals surface area contributed by atoms with Crippen molar-refractivity contribution in [2.45, 2.75) is 57.8 Å². The molecule has 0 atom stereocenters. The van der Waals surface area contributed by atoms with Gasteiger partial charge in [-0.25, -0.2) is 9.90 Å². The zero-order valence-electron chi connectivity index (χ0n) is 11.1. The first-order chi connectivity index (χ1) is 8.68. The Bertz CT molecular complexity index is 229. The zero-order valence-corrected chi connectivity index (χ0v) is 11.8. The van der Waals surface area contributed by atoms with Gasteiger partial charge in [0.2, 0.25) is 0 Å². The summed E-state index contributed by atoms with van der Waals surface area (Å²) in [6.07, 6.45) is 9.86. The lowest BCUT2D eigenvalue weighted by Gasteiger charge is -2.03. The van der Waals surface area contributed by atoms with Crippen LogP contribution in [0.1, 0.15) is 57.8 Å². The predicted octanol–water partition coefficient (Wildman–Crippen LogP) is 4.22.